The molecule has 1 fully saturated rings. The van der Waals surface area contributed by atoms with Crippen molar-refractivity contribution in [2.45, 2.75) is 38.8 Å². The van der Waals surface area contributed by atoms with Gasteiger partial charge in [0.1, 0.15) is 17.6 Å². The normalized spacial score (nSPS) is 24.1. The molecule has 0 saturated carbocycles. The second-order valence-corrected chi connectivity index (χ2v) is 3.78. The predicted octanol–water partition coefficient (Wildman–Crippen LogP) is 1.85. The number of oxazole rings is 1. The van der Waals surface area contributed by atoms with Crippen LogP contribution in [-0.4, -0.2) is 11.6 Å². The highest BCUT2D eigenvalue weighted by molar-refractivity contribution is 5.13. The molecule has 2 rings (SSSR count). The Balaban J connectivity index is 2.24. The SMILES string of the molecule is Cc1oc(C(C)N)nc1C1CCCO1. The third-order valence-corrected chi connectivity index (χ3v) is 2.47. The first-order valence-electron chi connectivity index (χ1n) is 5.03. The zero-order chi connectivity index (χ0) is 10.1. The standard InChI is InChI=1S/C10H16N2O2/c1-6(11)10-12-9(7(2)14-10)8-4-3-5-13-8/h6,8H,3-5,11H2,1-2H3. The molecule has 4 nitrogen and oxygen atoms in total. The summed E-state index contributed by atoms with van der Waals surface area (Å²) in [5, 5.41) is 0. The molecule has 1 saturated heterocycles. The summed E-state index contributed by atoms with van der Waals surface area (Å²) < 4.78 is 11.0. The Morgan fingerprint density at radius 1 is 1.57 bits per heavy atom. The molecule has 2 N–H and O–H groups in total. The predicted molar refractivity (Wildman–Crippen MR) is 51.8 cm³/mol. The quantitative estimate of drug-likeness (QED) is 0.784. The van der Waals surface area contributed by atoms with Gasteiger partial charge in [0.05, 0.1) is 6.04 Å². The van der Waals surface area contributed by atoms with Crippen LogP contribution in [0.3, 0.4) is 0 Å². The van der Waals surface area contributed by atoms with Crippen LogP contribution in [0.15, 0.2) is 4.42 Å². The second-order valence-electron chi connectivity index (χ2n) is 3.78. The molecule has 14 heavy (non-hydrogen) atoms. The lowest BCUT2D eigenvalue weighted by atomic mass is 10.1. The highest BCUT2D eigenvalue weighted by Gasteiger charge is 2.24. The van der Waals surface area contributed by atoms with E-state index in [0.29, 0.717) is 5.89 Å². The van der Waals surface area contributed by atoms with Crippen LogP contribution in [-0.2, 0) is 4.74 Å². The second kappa shape index (κ2) is 3.71. The van der Waals surface area contributed by atoms with E-state index in [2.05, 4.69) is 4.98 Å². The van der Waals surface area contributed by atoms with Crippen LogP contribution in [0.4, 0.5) is 0 Å². The molecule has 2 atom stereocenters. The largest absolute Gasteiger partial charge is 0.444 e. The Morgan fingerprint density at radius 3 is 2.86 bits per heavy atom. The Labute approximate surface area is 83.4 Å². The molecule has 1 aliphatic heterocycles. The van der Waals surface area contributed by atoms with Crippen LogP contribution in [0.1, 0.15) is 49.3 Å². The van der Waals surface area contributed by atoms with E-state index in [4.69, 9.17) is 14.9 Å². The van der Waals surface area contributed by atoms with E-state index in [1.807, 2.05) is 13.8 Å². The van der Waals surface area contributed by atoms with E-state index >= 15 is 0 Å². The molecule has 78 valence electrons. The molecule has 0 spiro atoms. The molecule has 1 aromatic rings. The highest BCUT2D eigenvalue weighted by Crippen LogP contribution is 2.31. The number of hydrogen-bond acceptors (Lipinski definition) is 4. The lowest BCUT2D eigenvalue weighted by Gasteiger charge is -2.04. The van der Waals surface area contributed by atoms with E-state index in [1.165, 1.54) is 0 Å². The molecular weight excluding hydrogens is 180 g/mol. The molecule has 0 aromatic carbocycles. The van der Waals surface area contributed by atoms with Gasteiger partial charge in [-0.1, -0.05) is 0 Å². The van der Waals surface area contributed by atoms with Crippen LogP contribution in [0, 0.1) is 6.92 Å². The lowest BCUT2D eigenvalue weighted by Crippen LogP contribution is -2.06. The van der Waals surface area contributed by atoms with Gasteiger partial charge in [0, 0.05) is 6.61 Å². The van der Waals surface area contributed by atoms with E-state index in [9.17, 15) is 0 Å². The molecule has 2 heterocycles. The van der Waals surface area contributed by atoms with Crippen molar-refractivity contribution < 1.29 is 9.15 Å². The summed E-state index contributed by atoms with van der Waals surface area (Å²) >= 11 is 0. The molecule has 1 aromatic heterocycles. The fourth-order valence-corrected chi connectivity index (χ4v) is 1.72. The van der Waals surface area contributed by atoms with E-state index < -0.39 is 0 Å². The first kappa shape index (κ1) is 9.68. The summed E-state index contributed by atoms with van der Waals surface area (Å²) in [5.41, 5.74) is 6.62. The maximum Gasteiger partial charge on any atom is 0.211 e. The van der Waals surface area contributed by atoms with Gasteiger partial charge in [0.2, 0.25) is 5.89 Å². The summed E-state index contributed by atoms with van der Waals surface area (Å²) in [6.07, 6.45) is 2.25. The van der Waals surface area contributed by atoms with E-state index in [1.54, 1.807) is 0 Å². The third-order valence-electron chi connectivity index (χ3n) is 2.47. The van der Waals surface area contributed by atoms with Gasteiger partial charge in [-0.15, -0.1) is 0 Å². The van der Waals surface area contributed by atoms with Gasteiger partial charge >= 0.3 is 0 Å². The van der Waals surface area contributed by atoms with Gasteiger partial charge in [-0.2, -0.15) is 0 Å². The van der Waals surface area contributed by atoms with Crippen molar-refractivity contribution in [3.8, 4) is 0 Å². The van der Waals surface area contributed by atoms with Crippen molar-refractivity contribution in [2.24, 2.45) is 5.73 Å². The lowest BCUT2D eigenvalue weighted by molar-refractivity contribution is 0.108. The Hall–Kier alpha value is -0.870. The number of nitrogens with two attached hydrogens (primary N) is 1. The van der Waals surface area contributed by atoms with Gasteiger partial charge in [-0.25, -0.2) is 4.98 Å². The highest BCUT2D eigenvalue weighted by atomic mass is 16.5. The van der Waals surface area contributed by atoms with Crippen LogP contribution < -0.4 is 5.73 Å². The molecule has 0 amide bonds. The third kappa shape index (κ3) is 1.67. The van der Waals surface area contributed by atoms with E-state index in [0.717, 1.165) is 30.9 Å². The van der Waals surface area contributed by atoms with Gasteiger partial charge in [0.25, 0.3) is 0 Å². The zero-order valence-electron chi connectivity index (χ0n) is 8.62. The maximum atomic E-state index is 5.70. The van der Waals surface area contributed by atoms with E-state index in [-0.39, 0.29) is 12.1 Å². The number of nitrogens with zero attached hydrogens (tertiary/aromatic N) is 1. The summed E-state index contributed by atoms with van der Waals surface area (Å²) in [5.74, 6) is 1.44. The first-order valence-corrected chi connectivity index (χ1v) is 5.03. The minimum absolute atomic E-state index is 0.117. The van der Waals surface area contributed by atoms with Gasteiger partial charge in [-0.05, 0) is 26.7 Å². The molecule has 0 radical (unpaired) electrons. The fourth-order valence-electron chi connectivity index (χ4n) is 1.72. The topological polar surface area (TPSA) is 61.3 Å². The van der Waals surface area contributed by atoms with Crippen molar-refractivity contribution in [1.29, 1.82) is 0 Å². The summed E-state index contributed by atoms with van der Waals surface area (Å²) in [4.78, 5) is 4.37. The smallest absolute Gasteiger partial charge is 0.211 e. The molecule has 2 unspecified atom stereocenters. The van der Waals surface area contributed by atoms with Gasteiger partial charge in [-0.3, -0.25) is 0 Å². The molecular formula is C10H16N2O2. The Bertz CT molecular complexity index is 314. The van der Waals surface area contributed by atoms with Crippen molar-refractivity contribution >= 4 is 0 Å². The summed E-state index contributed by atoms with van der Waals surface area (Å²) in [6.45, 7) is 4.60. The average molecular weight is 196 g/mol. The zero-order valence-corrected chi connectivity index (χ0v) is 8.62. The van der Waals surface area contributed by atoms with Crippen LogP contribution in [0.25, 0.3) is 0 Å². The maximum absolute atomic E-state index is 5.70. The van der Waals surface area contributed by atoms with Crippen LogP contribution >= 0.6 is 0 Å². The Kier molecular flexibility index (Phi) is 2.56. The van der Waals surface area contributed by atoms with Crippen molar-refractivity contribution in [2.75, 3.05) is 6.61 Å². The van der Waals surface area contributed by atoms with Crippen molar-refractivity contribution in [3.05, 3.63) is 17.3 Å². The number of hydrogen-bond donors (Lipinski definition) is 1. The summed E-state index contributed by atoms with van der Waals surface area (Å²) in [6, 6.07) is -0.149. The minimum atomic E-state index is -0.149. The molecule has 4 heteroatoms. The number of aryl methyl sites for hydroxylation is 1. The van der Waals surface area contributed by atoms with Crippen molar-refractivity contribution in [1.82, 2.24) is 4.98 Å². The van der Waals surface area contributed by atoms with Gasteiger partial charge < -0.3 is 14.9 Å². The van der Waals surface area contributed by atoms with Gasteiger partial charge in [0.15, 0.2) is 0 Å². The van der Waals surface area contributed by atoms with Crippen molar-refractivity contribution in [3.63, 3.8) is 0 Å². The number of ether oxygens (including phenoxy) is 1. The number of rotatable bonds is 2. The average Bonchev–Trinajstić information content (AvgIpc) is 2.71. The molecule has 1 aliphatic rings. The monoisotopic (exact) mass is 196 g/mol. The molecule has 0 aliphatic carbocycles. The van der Waals surface area contributed by atoms with Crippen LogP contribution in [0.2, 0.25) is 0 Å². The number of aromatic nitrogens is 1. The minimum Gasteiger partial charge on any atom is -0.444 e. The summed E-state index contributed by atoms with van der Waals surface area (Å²) in [7, 11) is 0. The van der Waals surface area contributed by atoms with Crippen LogP contribution in [0.5, 0.6) is 0 Å². The Morgan fingerprint density at radius 2 is 2.36 bits per heavy atom. The molecule has 0 bridgehead atoms. The fraction of sp³-hybridized carbons (Fsp3) is 0.700. The first-order chi connectivity index (χ1) is 6.68.